The van der Waals surface area contributed by atoms with Crippen molar-refractivity contribution >= 4 is 21.4 Å². The molecular formula is C16H20N2O2S2. The van der Waals surface area contributed by atoms with Crippen LogP contribution in [0.2, 0.25) is 0 Å². The second-order valence-electron chi connectivity index (χ2n) is 5.60. The van der Waals surface area contributed by atoms with Crippen molar-refractivity contribution in [1.82, 2.24) is 9.62 Å². The summed E-state index contributed by atoms with van der Waals surface area (Å²) in [6.07, 6.45) is 1.06. The summed E-state index contributed by atoms with van der Waals surface area (Å²) in [5, 5.41) is 2.14. The van der Waals surface area contributed by atoms with E-state index in [1.807, 2.05) is 17.4 Å². The summed E-state index contributed by atoms with van der Waals surface area (Å²) >= 11 is 1.82. The Bertz CT molecular complexity index is 726. The van der Waals surface area contributed by atoms with Crippen molar-refractivity contribution in [1.29, 1.82) is 0 Å². The van der Waals surface area contributed by atoms with Gasteiger partial charge < -0.3 is 0 Å². The average Bonchev–Trinajstić information content (AvgIpc) is 3.01. The maximum absolute atomic E-state index is 12.2. The van der Waals surface area contributed by atoms with Gasteiger partial charge in [-0.25, -0.2) is 13.1 Å². The quantitative estimate of drug-likeness (QED) is 0.912. The molecule has 0 saturated heterocycles. The van der Waals surface area contributed by atoms with Crippen LogP contribution < -0.4 is 4.72 Å². The van der Waals surface area contributed by atoms with Crippen LogP contribution in [0.3, 0.4) is 0 Å². The maximum Gasteiger partial charge on any atom is 0.240 e. The van der Waals surface area contributed by atoms with Gasteiger partial charge in [-0.15, -0.1) is 11.3 Å². The summed E-state index contributed by atoms with van der Waals surface area (Å²) in [4.78, 5) is 4.12. The number of hydrogen-bond acceptors (Lipinski definition) is 4. The lowest BCUT2D eigenvalue weighted by atomic mass is 10.1. The molecule has 0 radical (unpaired) electrons. The zero-order chi connectivity index (χ0) is 15.6. The number of nitrogens with one attached hydrogen (secondary N) is 1. The first-order valence-electron chi connectivity index (χ1n) is 7.40. The van der Waals surface area contributed by atoms with Crippen LogP contribution in [0.1, 0.15) is 17.4 Å². The predicted octanol–water partition coefficient (Wildman–Crippen LogP) is 2.47. The Labute approximate surface area is 135 Å². The van der Waals surface area contributed by atoms with Gasteiger partial charge in [0.15, 0.2) is 0 Å². The highest BCUT2D eigenvalue weighted by Crippen LogP contribution is 2.25. The molecule has 4 nitrogen and oxygen atoms in total. The van der Waals surface area contributed by atoms with E-state index in [-0.39, 0.29) is 6.04 Å². The van der Waals surface area contributed by atoms with Gasteiger partial charge in [-0.05, 0) is 42.5 Å². The third-order valence-corrected chi connectivity index (χ3v) is 6.55. The normalized spacial score (nSPS) is 17.1. The number of hydrogen-bond donors (Lipinski definition) is 1. The Morgan fingerprint density at radius 3 is 2.82 bits per heavy atom. The zero-order valence-electron chi connectivity index (χ0n) is 12.5. The van der Waals surface area contributed by atoms with Crippen LogP contribution in [-0.2, 0) is 23.0 Å². The van der Waals surface area contributed by atoms with Gasteiger partial charge in [-0.1, -0.05) is 18.2 Å². The molecule has 1 aliphatic rings. The second-order valence-corrected chi connectivity index (χ2v) is 8.37. The van der Waals surface area contributed by atoms with E-state index >= 15 is 0 Å². The predicted molar refractivity (Wildman–Crippen MR) is 89.5 cm³/mol. The SMILES string of the molecule is C[C@@H](CNS(=O)(=O)c1ccccc1)N1CCc2sccc2C1. The molecule has 1 aliphatic heterocycles. The molecule has 1 aromatic heterocycles. The number of nitrogens with zero attached hydrogens (tertiary/aromatic N) is 1. The molecule has 0 amide bonds. The lowest BCUT2D eigenvalue weighted by molar-refractivity contribution is 0.193. The van der Waals surface area contributed by atoms with E-state index < -0.39 is 10.0 Å². The van der Waals surface area contributed by atoms with E-state index in [1.54, 1.807) is 24.3 Å². The molecule has 3 rings (SSSR count). The summed E-state index contributed by atoms with van der Waals surface area (Å²) in [5.41, 5.74) is 1.38. The zero-order valence-corrected chi connectivity index (χ0v) is 14.2. The molecule has 0 saturated carbocycles. The van der Waals surface area contributed by atoms with E-state index in [0.29, 0.717) is 11.4 Å². The van der Waals surface area contributed by atoms with E-state index in [0.717, 1.165) is 19.5 Å². The molecule has 1 N–H and O–H groups in total. The molecule has 1 atom stereocenters. The lowest BCUT2D eigenvalue weighted by Crippen LogP contribution is -2.44. The van der Waals surface area contributed by atoms with Crippen molar-refractivity contribution < 1.29 is 8.42 Å². The Kier molecular flexibility index (Phi) is 4.63. The third kappa shape index (κ3) is 3.41. The highest BCUT2D eigenvalue weighted by atomic mass is 32.2. The van der Waals surface area contributed by atoms with Crippen LogP contribution >= 0.6 is 11.3 Å². The number of rotatable bonds is 5. The largest absolute Gasteiger partial charge is 0.295 e. The van der Waals surface area contributed by atoms with Crippen LogP contribution in [0.5, 0.6) is 0 Å². The topological polar surface area (TPSA) is 49.4 Å². The van der Waals surface area contributed by atoms with Gasteiger partial charge in [0.05, 0.1) is 4.90 Å². The molecule has 0 spiro atoms. The monoisotopic (exact) mass is 336 g/mol. The molecule has 6 heteroatoms. The number of fused-ring (bicyclic) bond motifs is 1. The minimum absolute atomic E-state index is 0.173. The number of thiophene rings is 1. The van der Waals surface area contributed by atoms with Crippen molar-refractivity contribution in [3.8, 4) is 0 Å². The highest BCUT2D eigenvalue weighted by molar-refractivity contribution is 7.89. The number of benzene rings is 1. The minimum Gasteiger partial charge on any atom is -0.295 e. The minimum atomic E-state index is -3.42. The van der Waals surface area contributed by atoms with Gasteiger partial charge in [0, 0.05) is 30.6 Å². The van der Waals surface area contributed by atoms with E-state index in [4.69, 9.17) is 0 Å². The summed E-state index contributed by atoms with van der Waals surface area (Å²) in [6.45, 7) is 4.40. The van der Waals surface area contributed by atoms with Crippen molar-refractivity contribution in [2.24, 2.45) is 0 Å². The first kappa shape index (κ1) is 15.7. The van der Waals surface area contributed by atoms with Gasteiger partial charge in [0.25, 0.3) is 0 Å². The summed E-state index contributed by atoms with van der Waals surface area (Å²) in [7, 11) is -3.42. The lowest BCUT2D eigenvalue weighted by Gasteiger charge is -2.32. The van der Waals surface area contributed by atoms with Crippen LogP contribution in [0, 0.1) is 0 Å². The van der Waals surface area contributed by atoms with Gasteiger partial charge in [-0.2, -0.15) is 0 Å². The molecule has 22 heavy (non-hydrogen) atoms. The Morgan fingerprint density at radius 2 is 2.05 bits per heavy atom. The second kappa shape index (κ2) is 6.50. The van der Waals surface area contributed by atoms with Crippen LogP contribution in [0.4, 0.5) is 0 Å². The standard InChI is InChI=1S/C16H20N2O2S2/c1-13(18-9-7-16-14(12-18)8-10-21-16)11-17-22(19,20)15-5-3-2-4-6-15/h2-6,8,10,13,17H,7,9,11-12H2,1H3/t13-/m0/s1. The fourth-order valence-electron chi connectivity index (χ4n) is 2.69. The smallest absolute Gasteiger partial charge is 0.240 e. The molecule has 0 bridgehead atoms. The first-order valence-corrected chi connectivity index (χ1v) is 9.76. The molecule has 2 heterocycles. The molecule has 118 valence electrons. The highest BCUT2D eigenvalue weighted by Gasteiger charge is 2.23. The van der Waals surface area contributed by atoms with Crippen molar-refractivity contribution in [3.63, 3.8) is 0 Å². The molecule has 0 fully saturated rings. The van der Waals surface area contributed by atoms with E-state index in [1.165, 1.54) is 10.4 Å². The van der Waals surface area contributed by atoms with E-state index in [2.05, 4.69) is 28.0 Å². The van der Waals surface area contributed by atoms with Gasteiger partial charge in [0.2, 0.25) is 10.0 Å². The van der Waals surface area contributed by atoms with E-state index in [9.17, 15) is 8.42 Å². The van der Waals surface area contributed by atoms with Crippen molar-refractivity contribution in [2.75, 3.05) is 13.1 Å². The summed E-state index contributed by atoms with van der Waals surface area (Å²) < 4.78 is 27.2. The van der Waals surface area contributed by atoms with Gasteiger partial charge in [0.1, 0.15) is 0 Å². The Morgan fingerprint density at radius 1 is 1.27 bits per heavy atom. The molecule has 0 unspecified atom stereocenters. The van der Waals surface area contributed by atoms with Crippen molar-refractivity contribution in [3.05, 3.63) is 52.2 Å². The first-order chi connectivity index (χ1) is 10.6. The third-order valence-electron chi connectivity index (χ3n) is 4.08. The van der Waals surface area contributed by atoms with Crippen LogP contribution in [0.15, 0.2) is 46.7 Å². The average molecular weight is 336 g/mol. The number of sulfonamides is 1. The Balaban J connectivity index is 1.60. The molecular weight excluding hydrogens is 316 g/mol. The summed E-state index contributed by atoms with van der Waals surface area (Å²) in [5.74, 6) is 0. The summed E-state index contributed by atoms with van der Waals surface area (Å²) in [6, 6.07) is 10.9. The molecule has 0 aliphatic carbocycles. The molecule has 2 aromatic rings. The fourth-order valence-corrected chi connectivity index (χ4v) is 4.72. The van der Waals surface area contributed by atoms with Crippen LogP contribution in [0.25, 0.3) is 0 Å². The Hall–Kier alpha value is -1.21. The maximum atomic E-state index is 12.2. The van der Waals surface area contributed by atoms with Crippen LogP contribution in [-0.4, -0.2) is 32.4 Å². The van der Waals surface area contributed by atoms with Gasteiger partial charge >= 0.3 is 0 Å². The van der Waals surface area contributed by atoms with Crippen molar-refractivity contribution in [2.45, 2.75) is 30.8 Å². The fraction of sp³-hybridized carbons (Fsp3) is 0.375. The van der Waals surface area contributed by atoms with Gasteiger partial charge in [-0.3, -0.25) is 4.90 Å². The molecule has 1 aromatic carbocycles.